The van der Waals surface area contributed by atoms with Crippen molar-refractivity contribution >= 4 is 15.8 Å². The molecule has 0 atom stereocenters. The summed E-state index contributed by atoms with van der Waals surface area (Å²) >= 11 is 0. The van der Waals surface area contributed by atoms with E-state index in [2.05, 4.69) is 10.1 Å². The lowest BCUT2D eigenvalue weighted by Gasteiger charge is -2.19. The summed E-state index contributed by atoms with van der Waals surface area (Å²) in [5.74, 6) is 0.548. The third-order valence-corrected chi connectivity index (χ3v) is 5.95. The second-order valence-electron chi connectivity index (χ2n) is 5.05. The Morgan fingerprint density at radius 2 is 1.94 bits per heavy atom. The minimum atomic E-state index is -3.25. The molecule has 1 aliphatic carbocycles. The van der Waals surface area contributed by atoms with Gasteiger partial charge in [-0.2, -0.15) is 4.98 Å². The first-order chi connectivity index (χ1) is 7.76. The van der Waals surface area contributed by atoms with Crippen molar-refractivity contribution < 1.29 is 12.9 Å². The van der Waals surface area contributed by atoms with Crippen LogP contribution in [0.2, 0.25) is 0 Å². The molecule has 6 nitrogen and oxygen atoms in total. The number of hydrogen-bond acceptors (Lipinski definition) is 6. The summed E-state index contributed by atoms with van der Waals surface area (Å²) in [5.41, 5.74) is 0. The Morgan fingerprint density at radius 3 is 2.35 bits per heavy atom. The summed E-state index contributed by atoms with van der Waals surface area (Å²) in [6.07, 6.45) is 1.47. The maximum absolute atomic E-state index is 12.3. The van der Waals surface area contributed by atoms with Crippen molar-refractivity contribution in [3.63, 3.8) is 0 Å². The molecule has 17 heavy (non-hydrogen) atoms. The van der Waals surface area contributed by atoms with Crippen LogP contribution in [0.25, 0.3) is 0 Å². The zero-order valence-electron chi connectivity index (χ0n) is 10.5. The van der Waals surface area contributed by atoms with E-state index < -0.39 is 14.6 Å². The van der Waals surface area contributed by atoms with E-state index in [-0.39, 0.29) is 11.1 Å². The normalized spacial score (nSPS) is 17.2. The van der Waals surface area contributed by atoms with Gasteiger partial charge in [0.2, 0.25) is 5.89 Å². The second-order valence-corrected chi connectivity index (χ2v) is 7.83. The van der Waals surface area contributed by atoms with E-state index in [1.807, 2.05) is 0 Å². The van der Waals surface area contributed by atoms with Crippen molar-refractivity contribution in [2.24, 2.45) is 0 Å². The molecule has 1 fully saturated rings. The first kappa shape index (κ1) is 12.3. The lowest BCUT2D eigenvalue weighted by atomic mass is 10.2. The maximum atomic E-state index is 12.3. The van der Waals surface area contributed by atoms with E-state index in [1.54, 1.807) is 32.8 Å². The summed E-state index contributed by atoms with van der Waals surface area (Å²) in [4.78, 5) is 5.80. The SMILES string of the molecule is CN(C)c1noc(C(C)(C)S(=O)(=O)C2CC2)n1. The van der Waals surface area contributed by atoms with Gasteiger partial charge < -0.3 is 9.42 Å². The summed E-state index contributed by atoms with van der Waals surface area (Å²) in [6.45, 7) is 3.24. The first-order valence-corrected chi connectivity index (χ1v) is 7.06. The Bertz CT molecular complexity index is 515. The van der Waals surface area contributed by atoms with Crippen molar-refractivity contribution in [2.75, 3.05) is 19.0 Å². The predicted octanol–water partition coefficient (Wildman–Crippen LogP) is 0.948. The predicted molar refractivity (Wildman–Crippen MR) is 63.6 cm³/mol. The van der Waals surface area contributed by atoms with Crippen LogP contribution in [0.1, 0.15) is 32.6 Å². The van der Waals surface area contributed by atoms with Gasteiger partial charge in [-0.1, -0.05) is 0 Å². The van der Waals surface area contributed by atoms with Crippen LogP contribution >= 0.6 is 0 Å². The lowest BCUT2D eigenvalue weighted by Crippen LogP contribution is -2.32. The largest absolute Gasteiger partial charge is 0.344 e. The monoisotopic (exact) mass is 259 g/mol. The van der Waals surface area contributed by atoms with Crippen molar-refractivity contribution in [1.29, 1.82) is 0 Å². The topological polar surface area (TPSA) is 76.3 Å². The molecule has 0 aliphatic heterocycles. The number of rotatable bonds is 4. The van der Waals surface area contributed by atoms with Gasteiger partial charge in [0.25, 0.3) is 5.95 Å². The minimum absolute atomic E-state index is 0.160. The fourth-order valence-electron chi connectivity index (χ4n) is 1.56. The summed E-state index contributed by atoms with van der Waals surface area (Å²) in [7, 11) is 0.304. The highest BCUT2D eigenvalue weighted by Crippen LogP contribution is 2.40. The molecule has 0 saturated heterocycles. The van der Waals surface area contributed by atoms with Crippen LogP contribution in [-0.4, -0.2) is 37.9 Å². The molecule has 0 N–H and O–H groups in total. The van der Waals surface area contributed by atoms with E-state index in [1.165, 1.54) is 0 Å². The van der Waals surface area contributed by atoms with Gasteiger partial charge >= 0.3 is 0 Å². The maximum Gasteiger partial charge on any atom is 0.265 e. The molecule has 1 saturated carbocycles. The highest BCUT2D eigenvalue weighted by atomic mass is 32.2. The molecule has 96 valence electrons. The molecule has 0 spiro atoms. The number of aromatic nitrogens is 2. The minimum Gasteiger partial charge on any atom is -0.344 e. The summed E-state index contributed by atoms with van der Waals surface area (Å²) in [5, 5.41) is 3.51. The van der Waals surface area contributed by atoms with Gasteiger partial charge in [-0.25, -0.2) is 8.42 Å². The van der Waals surface area contributed by atoms with Gasteiger partial charge in [0.15, 0.2) is 9.84 Å². The molecule has 2 rings (SSSR count). The van der Waals surface area contributed by atoms with Crippen molar-refractivity contribution in [3.05, 3.63) is 5.89 Å². The van der Waals surface area contributed by atoms with Gasteiger partial charge in [-0.3, -0.25) is 0 Å². The fourth-order valence-corrected chi connectivity index (χ4v) is 3.47. The van der Waals surface area contributed by atoms with Crippen LogP contribution in [-0.2, 0) is 14.6 Å². The molecule has 0 aromatic carbocycles. The fraction of sp³-hybridized carbons (Fsp3) is 0.800. The number of sulfone groups is 1. The summed E-state index contributed by atoms with van der Waals surface area (Å²) < 4.78 is 28.5. The highest BCUT2D eigenvalue weighted by molar-refractivity contribution is 7.93. The van der Waals surface area contributed by atoms with E-state index in [0.29, 0.717) is 5.95 Å². The Hall–Kier alpha value is -1.11. The standard InChI is InChI=1S/C10H17N3O3S/c1-10(2,17(14,15)7-5-6-7)8-11-9(12-16-8)13(3)4/h7H,5-6H2,1-4H3. The summed E-state index contributed by atoms with van der Waals surface area (Å²) in [6, 6.07) is 0. The van der Waals surface area contributed by atoms with Gasteiger partial charge in [-0.15, -0.1) is 0 Å². The highest BCUT2D eigenvalue weighted by Gasteiger charge is 2.50. The van der Waals surface area contributed by atoms with Crippen LogP contribution < -0.4 is 4.90 Å². The Balaban J connectivity index is 2.37. The Kier molecular flexibility index (Phi) is 2.68. The zero-order chi connectivity index (χ0) is 12.8. The van der Waals surface area contributed by atoms with Gasteiger partial charge in [-0.05, 0) is 31.8 Å². The molecular formula is C10H17N3O3S. The molecule has 1 aliphatic rings. The molecule has 1 heterocycles. The Morgan fingerprint density at radius 1 is 1.35 bits per heavy atom. The van der Waals surface area contributed by atoms with E-state index in [4.69, 9.17) is 4.52 Å². The average Bonchev–Trinajstić information content (AvgIpc) is 2.95. The van der Waals surface area contributed by atoms with E-state index in [9.17, 15) is 8.42 Å². The van der Waals surface area contributed by atoms with Crippen molar-refractivity contribution in [3.8, 4) is 0 Å². The van der Waals surface area contributed by atoms with E-state index in [0.717, 1.165) is 12.8 Å². The first-order valence-electron chi connectivity index (χ1n) is 5.52. The van der Waals surface area contributed by atoms with Crippen LogP contribution in [0.15, 0.2) is 4.52 Å². The zero-order valence-corrected chi connectivity index (χ0v) is 11.3. The molecular weight excluding hydrogens is 242 g/mol. The second kappa shape index (κ2) is 3.69. The molecule has 0 amide bonds. The quantitative estimate of drug-likeness (QED) is 0.801. The van der Waals surface area contributed by atoms with Crippen molar-refractivity contribution in [2.45, 2.75) is 36.7 Å². The van der Waals surface area contributed by atoms with Gasteiger partial charge in [0.05, 0.1) is 5.25 Å². The van der Waals surface area contributed by atoms with Crippen LogP contribution in [0, 0.1) is 0 Å². The molecule has 1 aromatic heterocycles. The third kappa shape index (κ3) is 1.92. The van der Waals surface area contributed by atoms with Gasteiger partial charge in [0.1, 0.15) is 4.75 Å². The molecule has 0 bridgehead atoms. The molecule has 0 radical (unpaired) electrons. The van der Waals surface area contributed by atoms with Crippen LogP contribution in [0.3, 0.4) is 0 Å². The smallest absolute Gasteiger partial charge is 0.265 e. The molecule has 7 heteroatoms. The lowest BCUT2D eigenvalue weighted by molar-refractivity contribution is 0.346. The number of hydrogen-bond donors (Lipinski definition) is 0. The Labute approximate surface area is 101 Å². The average molecular weight is 259 g/mol. The number of anilines is 1. The van der Waals surface area contributed by atoms with Crippen molar-refractivity contribution in [1.82, 2.24) is 10.1 Å². The third-order valence-electron chi connectivity index (χ3n) is 3.00. The molecule has 1 aromatic rings. The molecule has 0 unspecified atom stereocenters. The van der Waals surface area contributed by atoms with Crippen LogP contribution in [0.5, 0.6) is 0 Å². The van der Waals surface area contributed by atoms with Gasteiger partial charge in [0, 0.05) is 14.1 Å². The van der Waals surface area contributed by atoms with E-state index >= 15 is 0 Å². The van der Waals surface area contributed by atoms with Crippen LogP contribution in [0.4, 0.5) is 5.95 Å². The number of nitrogens with zero attached hydrogens (tertiary/aromatic N) is 3.